The van der Waals surface area contributed by atoms with Crippen molar-refractivity contribution in [2.24, 2.45) is 0 Å². The van der Waals surface area contributed by atoms with Gasteiger partial charge in [0.05, 0.1) is 0 Å². The molecular weight excluding hydrogens is 448 g/mol. The van der Waals surface area contributed by atoms with Gasteiger partial charge >= 0.3 is 0 Å². The van der Waals surface area contributed by atoms with Gasteiger partial charge in [-0.05, 0) is 61.1 Å². The van der Waals surface area contributed by atoms with Crippen LogP contribution in [-0.4, -0.2) is 0 Å². The molecule has 0 fully saturated rings. The number of aryl methyl sites for hydroxylation is 2. The van der Waals surface area contributed by atoms with Crippen LogP contribution in [0.15, 0.2) is 58.3 Å². The van der Waals surface area contributed by atoms with Crippen LogP contribution >= 0.6 is 21.6 Å². The van der Waals surface area contributed by atoms with Crippen molar-refractivity contribution in [3.05, 3.63) is 59.7 Å². The Morgan fingerprint density at radius 3 is 1.00 bits per heavy atom. The molecule has 190 valence electrons. The first-order valence-corrected chi connectivity index (χ1v) is 16.5. The van der Waals surface area contributed by atoms with E-state index in [-0.39, 0.29) is 0 Å². The Kier molecular flexibility index (Phi) is 17.6. The van der Waals surface area contributed by atoms with Gasteiger partial charge in [0.2, 0.25) is 0 Å². The summed E-state index contributed by atoms with van der Waals surface area (Å²) in [5.41, 5.74) is 2.98. The highest BCUT2D eigenvalue weighted by Gasteiger charge is 2.01. The molecule has 0 aromatic heterocycles. The van der Waals surface area contributed by atoms with E-state index in [9.17, 15) is 0 Å². The van der Waals surface area contributed by atoms with Crippen LogP contribution in [0.5, 0.6) is 0 Å². The summed E-state index contributed by atoms with van der Waals surface area (Å²) >= 11 is 0. The van der Waals surface area contributed by atoms with Gasteiger partial charge in [-0.1, -0.05) is 150 Å². The van der Waals surface area contributed by atoms with Gasteiger partial charge in [0.1, 0.15) is 0 Å². The second-order valence-electron chi connectivity index (χ2n) is 9.90. The van der Waals surface area contributed by atoms with Crippen LogP contribution in [0.3, 0.4) is 0 Å². The normalized spacial score (nSPS) is 11.2. The van der Waals surface area contributed by atoms with Crippen molar-refractivity contribution in [2.45, 2.75) is 139 Å². The average molecular weight is 499 g/mol. The molecule has 0 N–H and O–H groups in total. The molecule has 0 aliphatic heterocycles. The molecule has 0 saturated carbocycles. The monoisotopic (exact) mass is 498 g/mol. The SMILES string of the molecule is CCCCCCCCCCc1ccc(SSc2ccc(CCCCCCCCCC)cc2)cc1. The number of unbranched alkanes of at least 4 members (excludes halogenated alkanes) is 14. The molecule has 0 saturated heterocycles. The zero-order valence-electron chi connectivity index (χ0n) is 22.2. The van der Waals surface area contributed by atoms with Crippen molar-refractivity contribution in [3.63, 3.8) is 0 Å². The predicted molar refractivity (Wildman–Crippen MR) is 157 cm³/mol. The minimum Gasteiger partial charge on any atom is -0.0654 e. The van der Waals surface area contributed by atoms with Gasteiger partial charge in [0, 0.05) is 9.79 Å². The average Bonchev–Trinajstić information content (AvgIpc) is 2.87. The predicted octanol–water partition coefficient (Wildman–Crippen LogP) is 11.9. The molecule has 0 aliphatic carbocycles. The van der Waals surface area contributed by atoms with Crippen LogP contribution < -0.4 is 0 Å². The van der Waals surface area contributed by atoms with Crippen LogP contribution in [0.4, 0.5) is 0 Å². The molecule has 0 nitrogen and oxygen atoms in total. The van der Waals surface area contributed by atoms with Crippen LogP contribution in [-0.2, 0) is 12.8 Å². The Morgan fingerprint density at radius 1 is 0.382 bits per heavy atom. The lowest BCUT2D eigenvalue weighted by atomic mass is 10.0. The molecule has 0 heterocycles. The van der Waals surface area contributed by atoms with Crippen molar-refractivity contribution in [1.29, 1.82) is 0 Å². The zero-order chi connectivity index (χ0) is 24.1. The molecular formula is C32H50S2. The van der Waals surface area contributed by atoms with E-state index in [1.165, 1.54) is 136 Å². The van der Waals surface area contributed by atoms with E-state index in [0.717, 1.165) is 0 Å². The molecule has 0 amide bonds. The van der Waals surface area contributed by atoms with Crippen molar-refractivity contribution >= 4 is 21.6 Å². The lowest BCUT2D eigenvalue weighted by Crippen LogP contribution is -1.87. The third-order valence-electron chi connectivity index (χ3n) is 6.72. The minimum absolute atomic E-state index is 1.23. The molecule has 2 heteroatoms. The van der Waals surface area contributed by atoms with E-state index >= 15 is 0 Å². The minimum atomic E-state index is 1.23. The largest absolute Gasteiger partial charge is 0.0654 e. The van der Waals surface area contributed by atoms with Gasteiger partial charge in [0.25, 0.3) is 0 Å². The summed E-state index contributed by atoms with van der Waals surface area (Å²) in [5, 5.41) is 0. The van der Waals surface area contributed by atoms with Crippen molar-refractivity contribution in [3.8, 4) is 0 Å². The fourth-order valence-electron chi connectivity index (χ4n) is 4.45. The smallest absolute Gasteiger partial charge is 0.0186 e. The van der Waals surface area contributed by atoms with E-state index in [0.29, 0.717) is 0 Å². The number of hydrogen-bond acceptors (Lipinski definition) is 2. The summed E-state index contributed by atoms with van der Waals surface area (Å²) in [4.78, 5) is 2.71. The van der Waals surface area contributed by atoms with E-state index < -0.39 is 0 Å². The van der Waals surface area contributed by atoms with E-state index in [4.69, 9.17) is 0 Å². The third-order valence-corrected chi connectivity index (χ3v) is 9.14. The number of hydrogen-bond donors (Lipinski definition) is 0. The molecule has 2 aromatic rings. The van der Waals surface area contributed by atoms with Gasteiger partial charge in [-0.3, -0.25) is 0 Å². The molecule has 34 heavy (non-hydrogen) atoms. The lowest BCUT2D eigenvalue weighted by molar-refractivity contribution is 0.575. The summed E-state index contributed by atoms with van der Waals surface area (Å²) in [6, 6.07) is 18.5. The van der Waals surface area contributed by atoms with E-state index in [1.807, 2.05) is 21.6 Å². The first kappa shape index (κ1) is 29.4. The molecule has 0 atom stereocenters. The first-order valence-electron chi connectivity index (χ1n) is 14.3. The Balaban J connectivity index is 1.54. The molecule has 0 radical (unpaired) electrons. The van der Waals surface area contributed by atoms with Crippen molar-refractivity contribution in [2.75, 3.05) is 0 Å². The van der Waals surface area contributed by atoms with Gasteiger partial charge in [0.15, 0.2) is 0 Å². The molecule has 0 aliphatic rings. The van der Waals surface area contributed by atoms with Crippen molar-refractivity contribution < 1.29 is 0 Å². The summed E-state index contributed by atoms with van der Waals surface area (Å²) in [6.45, 7) is 4.58. The fraction of sp³-hybridized carbons (Fsp3) is 0.625. The highest BCUT2D eigenvalue weighted by molar-refractivity contribution is 8.76. The summed E-state index contributed by atoms with van der Waals surface area (Å²) in [5.74, 6) is 0. The second-order valence-corrected chi connectivity index (χ2v) is 12.2. The molecule has 2 rings (SSSR count). The summed E-state index contributed by atoms with van der Waals surface area (Å²) < 4.78 is 0. The van der Waals surface area contributed by atoms with Crippen LogP contribution in [0, 0.1) is 0 Å². The van der Waals surface area contributed by atoms with Gasteiger partial charge in [-0.15, -0.1) is 0 Å². The Bertz CT molecular complexity index is 641. The molecule has 0 bridgehead atoms. The van der Waals surface area contributed by atoms with E-state index in [2.05, 4.69) is 62.4 Å². The van der Waals surface area contributed by atoms with Crippen LogP contribution in [0.25, 0.3) is 0 Å². The number of benzene rings is 2. The van der Waals surface area contributed by atoms with Gasteiger partial charge < -0.3 is 0 Å². The Hall–Kier alpha value is -0.860. The fourth-order valence-corrected chi connectivity index (χ4v) is 6.38. The van der Waals surface area contributed by atoms with Gasteiger partial charge in [-0.2, -0.15) is 0 Å². The Morgan fingerprint density at radius 2 is 0.676 bits per heavy atom. The second kappa shape index (κ2) is 20.3. The zero-order valence-corrected chi connectivity index (χ0v) is 23.8. The molecule has 2 aromatic carbocycles. The number of rotatable bonds is 21. The Labute approximate surface area is 219 Å². The standard InChI is InChI=1S/C32H50S2/c1-3-5-7-9-11-13-15-17-19-29-21-25-31(26-22-29)33-34-32-27-23-30(24-28-32)20-18-16-14-12-10-8-6-4-2/h21-28H,3-20H2,1-2H3. The summed E-state index contributed by atoms with van der Waals surface area (Å²) in [7, 11) is 3.76. The first-order chi connectivity index (χ1) is 16.8. The van der Waals surface area contributed by atoms with Crippen molar-refractivity contribution in [1.82, 2.24) is 0 Å². The molecule has 0 spiro atoms. The highest BCUT2D eigenvalue weighted by Crippen LogP contribution is 2.37. The van der Waals surface area contributed by atoms with Gasteiger partial charge in [-0.25, -0.2) is 0 Å². The maximum absolute atomic E-state index is 2.33. The van der Waals surface area contributed by atoms with Crippen LogP contribution in [0.2, 0.25) is 0 Å². The lowest BCUT2D eigenvalue weighted by Gasteiger charge is -2.06. The maximum atomic E-state index is 2.33. The molecule has 0 unspecified atom stereocenters. The topological polar surface area (TPSA) is 0 Å². The quantitative estimate of drug-likeness (QED) is 0.124. The third kappa shape index (κ3) is 14.5. The van der Waals surface area contributed by atoms with Crippen LogP contribution in [0.1, 0.15) is 128 Å². The maximum Gasteiger partial charge on any atom is 0.0186 e. The highest BCUT2D eigenvalue weighted by atomic mass is 33.1. The summed E-state index contributed by atoms with van der Waals surface area (Å²) in [6.07, 6.45) is 24.8. The van der Waals surface area contributed by atoms with E-state index in [1.54, 1.807) is 0 Å².